The molecule has 0 heterocycles. The summed E-state index contributed by atoms with van der Waals surface area (Å²) in [6, 6.07) is 9.53. The van der Waals surface area contributed by atoms with Crippen molar-refractivity contribution in [2.45, 2.75) is 29.4 Å². The number of ketones is 1. The lowest BCUT2D eigenvalue weighted by Crippen LogP contribution is -2.32. The molecule has 5 nitrogen and oxygen atoms in total. The Balaban J connectivity index is 2.22. The van der Waals surface area contributed by atoms with E-state index in [2.05, 4.69) is 11.3 Å². The van der Waals surface area contributed by atoms with Gasteiger partial charge in [-0.3, -0.25) is 9.59 Å². The summed E-state index contributed by atoms with van der Waals surface area (Å²) in [6.07, 6.45) is 1.20. The first-order valence-corrected chi connectivity index (χ1v) is 8.94. The number of carbonyl (C=O) groups excluding carboxylic acids is 3. The van der Waals surface area contributed by atoms with E-state index in [0.717, 1.165) is 4.90 Å². The van der Waals surface area contributed by atoms with Crippen molar-refractivity contribution in [2.75, 3.05) is 14.2 Å². The lowest BCUT2D eigenvalue weighted by molar-refractivity contribution is -0.141. The van der Waals surface area contributed by atoms with Gasteiger partial charge in [-0.2, -0.15) is 0 Å². The molecule has 0 aliphatic heterocycles. The van der Waals surface area contributed by atoms with Crippen molar-refractivity contribution in [3.63, 3.8) is 0 Å². The molecule has 6 heteroatoms. The zero-order valence-electron chi connectivity index (χ0n) is 14.4. The Morgan fingerprint density at radius 2 is 1.92 bits per heavy atom. The summed E-state index contributed by atoms with van der Waals surface area (Å²) in [5.41, 5.74) is 0.251. The van der Waals surface area contributed by atoms with E-state index in [4.69, 9.17) is 4.74 Å². The molecule has 2 rings (SSSR count). The van der Waals surface area contributed by atoms with Gasteiger partial charge in [0.05, 0.1) is 14.2 Å². The van der Waals surface area contributed by atoms with Crippen LogP contribution in [0, 0.1) is 11.8 Å². The Labute approximate surface area is 151 Å². The molecule has 1 aromatic carbocycles. The number of ether oxygens (including phenoxy) is 2. The molecule has 0 amide bonds. The fraction of sp³-hybridized carbons (Fsp3) is 0.421. The monoisotopic (exact) mass is 362 g/mol. The van der Waals surface area contributed by atoms with Gasteiger partial charge in [0.2, 0.25) is 0 Å². The quantitative estimate of drug-likeness (QED) is 0.422. The third kappa shape index (κ3) is 4.72. The first kappa shape index (κ1) is 19.2. The van der Waals surface area contributed by atoms with Crippen LogP contribution in [-0.4, -0.2) is 37.2 Å². The zero-order valence-corrected chi connectivity index (χ0v) is 15.2. The minimum atomic E-state index is -0.524. The van der Waals surface area contributed by atoms with E-state index >= 15 is 0 Å². The predicted molar refractivity (Wildman–Crippen MR) is 95.1 cm³/mol. The van der Waals surface area contributed by atoms with Crippen LogP contribution in [0.3, 0.4) is 0 Å². The van der Waals surface area contributed by atoms with Gasteiger partial charge in [0.15, 0.2) is 0 Å². The maximum Gasteiger partial charge on any atom is 0.333 e. The number of esters is 2. The molecule has 3 atom stereocenters. The highest BCUT2D eigenvalue weighted by Crippen LogP contribution is 2.42. The van der Waals surface area contributed by atoms with Crippen molar-refractivity contribution in [2.24, 2.45) is 11.8 Å². The minimum Gasteiger partial charge on any atom is -0.468 e. The van der Waals surface area contributed by atoms with Crippen LogP contribution < -0.4 is 0 Å². The van der Waals surface area contributed by atoms with Crippen molar-refractivity contribution in [1.82, 2.24) is 0 Å². The topological polar surface area (TPSA) is 69.7 Å². The lowest BCUT2D eigenvalue weighted by atomic mass is 9.87. The standard InChI is InChI=1S/C19H22O5S/c1-12(18(21)23-2)11-15-14(9-10-16(15)20)17(19(22)24-3)25-13-7-5-4-6-8-13/h4-8,14-15,17H,1,9-11H2,2-3H3/t14-,15+,17?/m0/s1. The third-order valence-corrected chi connectivity index (χ3v) is 5.76. The van der Waals surface area contributed by atoms with Crippen molar-refractivity contribution in [3.05, 3.63) is 42.5 Å². The fourth-order valence-corrected chi connectivity index (χ4v) is 4.43. The SMILES string of the molecule is C=C(C[C@H]1C(=O)CC[C@@H]1C(Sc1ccccc1)C(=O)OC)C(=O)OC. The van der Waals surface area contributed by atoms with Crippen LogP contribution in [0.5, 0.6) is 0 Å². The van der Waals surface area contributed by atoms with Crippen LogP contribution in [0.15, 0.2) is 47.4 Å². The summed E-state index contributed by atoms with van der Waals surface area (Å²) in [7, 11) is 2.63. The summed E-state index contributed by atoms with van der Waals surface area (Å²) >= 11 is 1.39. The smallest absolute Gasteiger partial charge is 0.333 e. The molecular weight excluding hydrogens is 340 g/mol. The molecule has 0 aromatic heterocycles. The van der Waals surface area contributed by atoms with Gasteiger partial charge in [0, 0.05) is 22.8 Å². The summed E-state index contributed by atoms with van der Waals surface area (Å²) in [6.45, 7) is 3.72. The lowest BCUT2D eigenvalue weighted by Gasteiger charge is -2.25. The van der Waals surface area contributed by atoms with E-state index < -0.39 is 17.1 Å². The van der Waals surface area contributed by atoms with Crippen molar-refractivity contribution in [3.8, 4) is 0 Å². The number of carbonyl (C=O) groups is 3. The van der Waals surface area contributed by atoms with Gasteiger partial charge >= 0.3 is 11.9 Å². The second-order valence-corrected chi connectivity index (χ2v) is 7.16. The van der Waals surface area contributed by atoms with Crippen molar-refractivity contribution < 1.29 is 23.9 Å². The molecular formula is C19H22O5S. The summed E-state index contributed by atoms with van der Waals surface area (Å²) in [4.78, 5) is 37.3. The van der Waals surface area contributed by atoms with E-state index in [9.17, 15) is 14.4 Å². The number of benzene rings is 1. The number of hydrogen-bond acceptors (Lipinski definition) is 6. The molecule has 0 saturated heterocycles. The number of Topliss-reactive ketones (excluding diaryl/α,β-unsaturated/α-hetero) is 1. The van der Waals surface area contributed by atoms with E-state index in [1.807, 2.05) is 30.3 Å². The van der Waals surface area contributed by atoms with Crippen LogP contribution in [0.25, 0.3) is 0 Å². The van der Waals surface area contributed by atoms with Gasteiger partial charge in [-0.25, -0.2) is 4.79 Å². The summed E-state index contributed by atoms with van der Waals surface area (Å²) in [5, 5.41) is -0.505. The summed E-state index contributed by atoms with van der Waals surface area (Å²) < 4.78 is 9.64. The maximum atomic E-state index is 12.4. The molecule has 1 fully saturated rings. The molecule has 0 radical (unpaired) electrons. The van der Waals surface area contributed by atoms with Crippen LogP contribution in [0.1, 0.15) is 19.3 Å². The molecule has 25 heavy (non-hydrogen) atoms. The fourth-order valence-electron chi connectivity index (χ4n) is 3.13. The molecule has 134 valence electrons. The summed E-state index contributed by atoms with van der Waals surface area (Å²) in [5.74, 6) is -1.46. The molecule has 1 unspecified atom stereocenters. The van der Waals surface area contributed by atoms with Gasteiger partial charge in [0.25, 0.3) is 0 Å². The third-order valence-electron chi connectivity index (χ3n) is 4.42. The van der Waals surface area contributed by atoms with Crippen LogP contribution in [0.4, 0.5) is 0 Å². The number of thioether (sulfide) groups is 1. The largest absolute Gasteiger partial charge is 0.468 e. The Kier molecular flexibility index (Phi) is 6.82. The zero-order chi connectivity index (χ0) is 18.4. The number of rotatable bonds is 7. The highest BCUT2D eigenvalue weighted by atomic mass is 32.2. The molecule has 1 aliphatic carbocycles. The van der Waals surface area contributed by atoms with Gasteiger partial charge in [-0.15, -0.1) is 11.8 Å². The van der Waals surface area contributed by atoms with E-state index in [1.165, 1.54) is 26.0 Å². The Bertz CT molecular complexity index is 655. The molecule has 0 N–H and O–H groups in total. The van der Waals surface area contributed by atoms with E-state index in [0.29, 0.717) is 12.8 Å². The molecule has 0 bridgehead atoms. The Morgan fingerprint density at radius 3 is 2.52 bits per heavy atom. The van der Waals surface area contributed by atoms with Crippen LogP contribution >= 0.6 is 11.8 Å². The number of methoxy groups -OCH3 is 2. The van der Waals surface area contributed by atoms with Gasteiger partial charge < -0.3 is 9.47 Å². The first-order chi connectivity index (χ1) is 12.0. The normalized spacial score (nSPS) is 20.8. The Morgan fingerprint density at radius 1 is 1.24 bits per heavy atom. The van der Waals surface area contributed by atoms with Gasteiger partial charge in [0.1, 0.15) is 11.0 Å². The Hall–Kier alpha value is -2.08. The number of hydrogen-bond donors (Lipinski definition) is 0. The molecule has 1 aromatic rings. The van der Waals surface area contributed by atoms with Crippen molar-refractivity contribution in [1.29, 1.82) is 0 Å². The van der Waals surface area contributed by atoms with E-state index in [-0.39, 0.29) is 29.7 Å². The molecule has 1 aliphatic rings. The average molecular weight is 362 g/mol. The highest BCUT2D eigenvalue weighted by Gasteiger charge is 2.43. The van der Waals surface area contributed by atoms with Crippen LogP contribution in [-0.2, 0) is 23.9 Å². The minimum absolute atomic E-state index is 0.0533. The second kappa shape index (κ2) is 8.85. The van der Waals surface area contributed by atoms with Crippen molar-refractivity contribution >= 4 is 29.5 Å². The van der Waals surface area contributed by atoms with Gasteiger partial charge in [-0.05, 0) is 30.9 Å². The molecule has 1 saturated carbocycles. The average Bonchev–Trinajstić information content (AvgIpc) is 2.99. The maximum absolute atomic E-state index is 12.4. The highest BCUT2D eigenvalue weighted by molar-refractivity contribution is 8.00. The van der Waals surface area contributed by atoms with E-state index in [1.54, 1.807) is 0 Å². The molecule has 0 spiro atoms. The van der Waals surface area contributed by atoms with Crippen LogP contribution in [0.2, 0.25) is 0 Å². The second-order valence-electron chi connectivity index (χ2n) is 5.95. The van der Waals surface area contributed by atoms with Gasteiger partial charge in [-0.1, -0.05) is 24.8 Å². The predicted octanol–water partition coefficient (Wildman–Crippen LogP) is 3.03. The first-order valence-electron chi connectivity index (χ1n) is 8.06.